The van der Waals surface area contributed by atoms with Crippen LogP contribution in [0.2, 0.25) is 0 Å². The first-order valence-electron chi connectivity index (χ1n) is 6.99. The van der Waals surface area contributed by atoms with Crippen molar-refractivity contribution in [3.63, 3.8) is 0 Å². The van der Waals surface area contributed by atoms with Crippen LogP contribution >= 0.6 is 12.4 Å². The van der Waals surface area contributed by atoms with Gasteiger partial charge < -0.3 is 15.4 Å². The number of nitrogens with one attached hydrogen (secondary N) is 2. The predicted octanol–water partition coefficient (Wildman–Crippen LogP) is 0.594. The maximum absolute atomic E-state index is 12.3. The summed E-state index contributed by atoms with van der Waals surface area (Å²) in [5.74, 6) is -0.288. The summed E-state index contributed by atoms with van der Waals surface area (Å²) in [7, 11) is -0.605. The normalized spacial score (nSPS) is 18.3. The molecule has 9 heteroatoms. The molecule has 0 saturated carbocycles. The summed E-state index contributed by atoms with van der Waals surface area (Å²) < 4.78 is 31.1. The van der Waals surface area contributed by atoms with Crippen molar-refractivity contribution in [2.75, 3.05) is 39.1 Å². The minimum atomic E-state index is -3.55. The van der Waals surface area contributed by atoms with Gasteiger partial charge in [-0.2, -0.15) is 0 Å². The van der Waals surface area contributed by atoms with Gasteiger partial charge in [-0.1, -0.05) is 6.07 Å². The van der Waals surface area contributed by atoms with Gasteiger partial charge in [-0.3, -0.25) is 4.79 Å². The summed E-state index contributed by atoms with van der Waals surface area (Å²) in [6.45, 7) is 3.36. The molecule has 2 N–H and O–H groups in total. The van der Waals surface area contributed by atoms with Gasteiger partial charge in [0.2, 0.25) is 10.0 Å². The zero-order valence-corrected chi connectivity index (χ0v) is 15.0. The lowest BCUT2D eigenvalue weighted by Gasteiger charge is -2.23. The molecular formula is C14H22ClN3O4S. The van der Waals surface area contributed by atoms with Gasteiger partial charge in [0.05, 0.1) is 11.5 Å². The SMILES string of the molecule is Cc1ccc(NC(=O)C2CNCCO2)cc1S(=O)(=O)N(C)C.Cl. The monoisotopic (exact) mass is 363 g/mol. The van der Waals surface area contributed by atoms with E-state index in [0.717, 1.165) is 10.8 Å². The van der Waals surface area contributed by atoms with Gasteiger partial charge in [-0.25, -0.2) is 12.7 Å². The molecule has 1 fully saturated rings. The van der Waals surface area contributed by atoms with Gasteiger partial charge in [0, 0.05) is 32.9 Å². The van der Waals surface area contributed by atoms with Crippen LogP contribution in [0.1, 0.15) is 5.56 Å². The van der Waals surface area contributed by atoms with Crippen LogP contribution in [0.3, 0.4) is 0 Å². The van der Waals surface area contributed by atoms with E-state index in [2.05, 4.69) is 10.6 Å². The fourth-order valence-corrected chi connectivity index (χ4v) is 3.25. The number of ether oxygens (including phenoxy) is 1. The van der Waals surface area contributed by atoms with Crippen molar-refractivity contribution in [3.8, 4) is 0 Å². The molecule has 1 aliphatic heterocycles. The lowest BCUT2D eigenvalue weighted by atomic mass is 10.2. The third-order valence-corrected chi connectivity index (χ3v) is 5.39. The van der Waals surface area contributed by atoms with Crippen LogP contribution < -0.4 is 10.6 Å². The van der Waals surface area contributed by atoms with Crippen LogP contribution in [0, 0.1) is 6.92 Å². The molecule has 130 valence electrons. The van der Waals surface area contributed by atoms with E-state index in [1.165, 1.54) is 20.2 Å². The zero-order valence-electron chi connectivity index (χ0n) is 13.3. The van der Waals surface area contributed by atoms with E-state index in [-0.39, 0.29) is 23.2 Å². The molecule has 0 radical (unpaired) electrons. The molecule has 1 aromatic carbocycles. The molecule has 1 aromatic rings. The van der Waals surface area contributed by atoms with Crippen molar-refractivity contribution in [3.05, 3.63) is 23.8 Å². The molecule has 1 amide bonds. The fraction of sp³-hybridized carbons (Fsp3) is 0.500. The Balaban J connectivity index is 0.00000264. The van der Waals surface area contributed by atoms with E-state index < -0.39 is 16.1 Å². The summed E-state index contributed by atoms with van der Waals surface area (Å²) in [4.78, 5) is 12.3. The third-order valence-electron chi connectivity index (χ3n) is 3.43. The molecule has 1 heterocycles. The molecule has 1 saturated heterocycles. The first-order valence-corrected chi connectivity index (χ1v) is 8.43. The number of carbonyl (C=O) groups is 1. The summed E-state index contributed by atoms with van der Waals surface area (Å²) in [5.41, 5.74) is 1.06. The highest BCUT2D eigenvalue weighted by Crippen LogP contribution is 2.22. The Bertz CT molecular complexity index is 658. The van der Waals surface area contributed by atoms with Gasteiger partial charge >= 0.3 is 0 Å². The molecule has 7 nitrogen and oxygen atoms in total. The number of aryl methyl sites for hydroxylation is 1. The van der Waals surface area contributed by atoms with Crippen molar-refractivity contribution < 1.29 is 17.9 Å². The Hall–Kier alpha value is -1.19. The minimum absolute atomic E-state index is 0. The molecule has 0 spiro atoms. The van der Waals surface area contributed by atoms with Crippen LogP contribution in [0.4, 0.5) is 5.69 Å². The number of amides is 1. The Labute approximate surface area is 142 Å². The second kappa shape index (κ2) is 8.07. The predicted molar refractivity (Wildman–Crippen MR) is 90.5 cm³/mol. The van der Waals surface area contributed by atoms with E-state index in [1.807, 2.05) is 0 Å². The highest BCUT2D eigenvalue weighted by Gasteiger charge is 2.23. The second-order valence-electron chi connectivity index (χ2n) is 5.32. The smallest absolute Gasteiger partial charge is 0.254 e. The highest BCUT2D eigenvalue weighted by molar-refractivity contribution is 7.89. The Morgan fingerprint density at radius 1 is 1.39 bits per heavy atom. The first-order chi connectivity index (χ1) is 10.3. The quantitative estimate of drug-likeness (QED) is 0.817. The number of benzene rings is 1. The largest absolute Gasteiger partial charge is 0.366 e. The molecule has 0 bridgehead atoms. The molecule has 0 aliphatic carbocycles. The van der Waals surface area contributed by atoms with Gasteiger partial charge in [-0.05, 0) is 24.6 Å². The average molecular weight is 364 g/mol. The minimum Gasteiger partial charge on any atom is -0.366 e. The van der Waals surface area contributed by atoms with E-state index >= 15 is 0 Å². The number of morpholine rings is 1. The summed E-state index contributed by atoms with van der Waals surface area (Å²) in [6, 6.07) is 4.82. The van der Waals surface area contributed by atoms with Crippen molar-refractivity contribution in [2.24, 2.45) is 0 Å². The van der Waals surface area contributed by atoms with Gasteiger partial charge in [-0.15, -0.1) is 12.4 Å². The van der Waals surface area contributed by atoms with Crippen LogP contribution in [0.15, 0.2) is 23.1 Å². The Kier molecular flexibility index (Phi) is 6.97. The number of hydrogen-bond acceptors (Lipinski definition) is 5. The fourth-order valence-electron chi connectivity index (χ4n) is 2.11. The number of carbonyl (C=O) groups excluding carboxylic acids is 1. The van der Waals surface area contributed by atoms with Gasteiger partial charge in [0.15, 0.2) is 0 Å². The molecular weight excluding hydrogens is 342 g/mol. The average Bonchev–Trinajstić information content (AvgIpc) is 2.49. The van der Waals surface area contributed by atoms with Crippen LogP contribution in [0.25, 0.3) is 0 Å². The third kappa shape index (κ3) is 4.65. The lowest BCUT2D eigenvalue weighted by molar-refractivity contribution is -0.128. The topological polar surface area (TPSA) is 87.7 Å². The first kappa shape index (κ1) is 19.9. The van der Waals surface area contributed by atoms with E-state index in [0.29, 0.717) is 24.4 Å². The molecule has 0 aromatic heterocycles. The van der Waals surface area contributed by atoms with E-state index in [4.69, 9.17) is 4.74 Å². The second-order valence-corrected chi connectivity index (χ2v) is 7.44. The van der Waals surface area contributed by atoms with E-state index in [9.17, 15) is 13.2 Å². The maximum atomic E-state index is 12.3. The standard InChI is InChI=1S/C14H21N3O4S.ClH/c1-10-4-5-11(8-13(10)22(19,20)17(2)3)16-14(18)12-9-15-6-7-21-12;/h4-5,8,12,15H,6-7,9H2,1-3H3,(H,16,18);1H. The van der Waals surface area contributed by atoms with Crippen LogP contribution in [0.5, 0.6) is 0 Å². The molecule has 23 heavy (non-hydrogen) atoms. The Morgan fingerprint density at radius 3 is 2.65 bits per heavy atom. The van der Waals surface area contributed by atoms with Gasteiger partial charge in [0.25, 0.3) is 5.91 Å². The molecule has 1 aliphatic rings. The Morgan fingerprint density at radius 2 is 2.09 bits per heavy atom. The number of rotatable bonds is 4. The van der Waals surface area contributed by atoms with Gasteiger partial charge in [0.1, 0.15) is 6.10 Å². The van der Waals surface area contributed by atoms with Crippen LogP contribution in [-0.2, 0) is 19.6 Å². The van der Waals surface area contributed by atoms with Crippen molar-refractivity contribution in [2.45, 2.75) is 17.9 Å². The lowest BCUT2D eigenvalue weighted by Crippen LogP contribution is -2.45. The maximum Gasteiger partial charge on any atom is 0.254 e. The number of hydrogen-bond donors (Lipinski definition) is 2. The molecule has 1 atom stereocenters. The number of sulfonamides is 1. The van der Waals surface area contributed by atoms with E-state index in [1.54, 1.807) is 19.1 Å². The summed E-state index contributed by atoms with van der Waals surface area (Å²) in [5, 5.41) is 5.78. The highest BCUT2D eigenvalue weighted by atomic mass is 35.5. The van der Waals surface area contributed by atoms with Crippen molar-refractivity contribution >= 4 is 34.0 Å². The van der Waals surface area contributed by atoms with Crippen molar-refractivity contribution in [1.29, 1.82) is 0 Å². The number of anilines is 1. The van der Waals surface area contributed by atoms with Crippen molar-refractivity contribution in [1.82, 2.24) is 9.62 Å². The number of halogens is 1. The molecule has 1 unspecified atom stereocenters. The molecule has 2 rings (SSSR count). The zero-order chi connectivity index (χ0) is 16.3. The summed E-state index contributed by atoms with van der Waals surface area (Å²) in [6.07, 6.45) is -0.566. The van der Waals surface area contributed by atoms with Crippen LogP contribution in [-0.4, -0.2) is 58.5 Å². The summed E-state index contributed by atoms with van der Waals surface area (Å²) >= 11 is 0. The number of nitrogens with zero attached hydrogens (tertiary/aromatic N) is 1.